The van der Waals surface area contributed by atoms with Crippen LogP contribution in [0.15, 0.2) is 36.4 Å². The minimum absolute atomic E-state index is 0.0630. The van der Waals surface area contributed by atoms with Crippen LogP contribution in [-0.2, 0) is 29.0 Å². The van der Waals surface area contributed by atoms with E-state index >= 15 is 0 Å². The Kier molecular flexibility index (Phi) is 7.32. The maximum Gasteiger partial charge on any atom is 0.228 e. The Labute approximate surface area is 212 Å². The first kappa shape index (κ1) is 24.4. The van der Waals surface area contributed by atoms with Crippen LogP contribution in [0.5, 0.6) is 17.2 Å². The molecular formula is C28H35N3O5. The Morgan fingerprint density at radius 2 is 1.78 bits per heavy atom. The van der Waals surface area contributed by atoms with Gasteiger partial charge < -0.3 is 24.0 Å². The van der Waals surface area contributed by atoms with Crippen molar-refractivity contribution in [1.29, 1.82) is 0 Å². The van der Waals surface area contributed by atoms with E-state index in [0.29, 0.717) is 50.5 Å². The summed E-state index contributed by atoms with van der Waals surface area (Å²) in [6.45, 7) is 5.89. The van der Waals surface area contributed by atoms with Crippen molar-refractivity contribution in [2.24, 2.45) is 5.92 Å². The van der Waals surface area contributed by atoms with Crippen LogP contribution in [0.25, 0.3) is 0 Å². The van der Waals surface area contributed by atoms with E-state index < -0.39 is 0 Å². The van der Waals surface area contributed by atoms with E-state index in [-0.39, 0.29) is 17.7 Å². The van der Waals surface area contributed by atoms with Crippen molar-refractivity contribution >= 4 is 11.8 Å². The molecule has 5 rings (SSSR count). The zero-order chi connectivity index (χ0) is 25.1. The monoisotopic (exact) mass is 493 g/mol. The summed E-state index contributed by atoms with van der Waals surface area (Å²) in [7, 11) is 3.23. The molecule has 8 heteroatoms. The fourth-order valence-electron chi connectivity index (χ4n) is 5.43. The average Bonchev–Trinajstić information content (AvgIpc) is 3.53. The average molecular weight is 494 g/mol. The second kappa shape index (κ2) is 10.8. The highest BCUT2D eigenvalue weighted by atomic mass is 16.5. The number of rotatable bonds is 8. The number of carbonyl (C=O) groups excluding carboxylic acids is 2. The fourth-order valence-corrected chi connectivity index (χ4v) is 5.43. The molecule has 3 aliphatic rings. The number of carbonyl (C=O) groups is 2. The standard InChI is InChI=1S/C28H35N3O5/c1-34-25-6-3-20(16-26(25)35-2)7-9-31-19-23(17-27(31)32)28(33)30-12-10-29(11-13-30)18-21-4-5-24-22(15-21)8-14-36-24/h3-6,15-16,23H,7-14,17-19H2,1-2H3. The van der Waals surface area contributed by atoms with Gasteiger partial charge in [-0.05, 0) is 41.3 Å². The third-order valence-corrected chi connectivity index (χ3v) is 7.53. The predicted molar refractivity (Wildman–Crippen MR) is 135 cm³/mol. The van der Waals surface area contributed by atoms with Crippen LogP contribution < -0.4 is 14.2 Å². The molecular weight excluding hydrogens is 458 g/mol. The van der Waals surface area contributed by atoms with Crippen LogP contribution in [0.3, 0.4) is 0 Å². The molecule has 8 nitrogen and oxygen atoms in total. The maximum atomic E-state index is 13.2. The lowest BCUT2D eigenvalue weighted by Gasteiger charge is -2.36. The van der Waals surface area contributed by atoms with Gasteiger partial charge in [-0.1, -0.05) is 18.2 Å². The second-order valence-electron chi connectivity index (χ2n) is 9.82. The summed E-state index contributed by atoms with van der Waals surface area (Å²) < 4.78 is 16.3. The van der Waals surface area contributed by atoms with E-state index in [2.05, 4.69) is 23.1 Å². The zero-order valence-electron chi connectivity index (χ0n) is 21.2. The highest BCUT2D eigenvalue weighted by Crippen LogP contribution is 2.29. The molecule has 1 atom stereocenters. The van der Waals surface area contributed by atoms with Crippen LogP contribution in [0.4, 0.5) is 0 Å². The van der Waals surface area contributed by atoms with Gasteiger partial charge in [0.05, 0.1) is 26.7 Å². The van der Waals surface area contributed by atoms with Gasteiger partial charge >= 0.3 is 0 Å². The topological polar surface area (TPSA) is 71.5 Å². The lowest BCUT2D eigenvalue weighted by molar-refractivity contribution is -0.137. The van der Waals surface area contributed by atoms with Gasteiger partial charge in [-0.15, -0.1) is 0 Å². The number of likely N-dealkylation sites (tertiary alicyclic amines) is 1. The number of hydrogen-bond donors (Lipinski definition) is 0. The Morgan fingerprint density at radius 1 is 1.00 bits per heavy atom. The fraction of sp³-hybridized carbons (Fsp3) is 0.500. The van der Waals surface area contributed by atoms with Crippen molar-refractivity contribution in [2.45, 2.75) is 25.8 Å². The van der Waals surface area contributed by atoms with Crippen molar-refractivity contribution in [3.05, 3.63) is 53.1 Å². The summed E-state index contributed by atoms with van der Waals surface area (Å²) in [5, 5.41) is 0. The summed E-state index contributed by atoms with van der Waals surface area (Å²) in [5.41, 5.74) is 3.66. The van der Waals surface area contributed by atoms with Gasteiger partial charge in [-0.3, -0.25) is 14.5 Å². The Balaban J connectivity index is 1.09. The molecule has 2 amide bonds. The molecule has 0 spiro atoms. The molecule has 192 valence electrons. The molecule has 0 bridgehead atoms. The van der Waals surface area contributed by atoms with E-state index in [4.69, 9.17) is 14.2 Å². The third-order valence-electron chi connectivity index (χ3n) is 7.53. The summed E-state index contributed by atoms with van der Waals surface area (Å²) in [6, 6.07) is 12.3. The maximum absolute atomic E-state index is 13.2. The minimum atomic E-state index is -0.244. The van der Waals surface area contributed by atoms with Crippen LogP contribution >= 0.6 is 0 Å². The first-order valence-corrected chi connectivity index (χ1v) is 12.8. The summed E-state index contributed by atoms with van der Waals surface area (Å²) in [6.07, 6.45) is 2.00. The molecule has 0 saturated carbocycles. The molecule has 2 aromatic carbocycles. The van der Waals surface area contributed by atoms with Gasteiger partial charge in [0, 0.05) is 58.7 Å². The van der Waals surface area contributed by atoms with Gasteiger partial charge in [0.25, 0.3) is 0 Å². The van der Waals surface area contributed by atoms with E-state index in [1.165, 1.54) is 11.1 Å². The van der Waals surface area contributed by atoms with Crippen LogP contribution in [0.2, 0.25) is 0 Å². The number of benzene rings is 2. The van der Waals surface area contributed by atoms with E-state index in [1.807, 2.05) is 28.0 Å². The lowest BCUT2D eigenvalue weighted by Crippen LogP contribution is -2.50. The quantitative estimate of drug-likeness (QED) is 0.562. The Morgan fingerprint density at radius 3 is 2.56 bits per heavy atom. The van der Waals surface area contributed by atoms with Gasteiger partial charge in [-0.25, -0.2) is 0 Å². The van der Waals surface area contributed by atoms with Crippen molar-refractivity contribution in [2.75, 3.05) is 60.1 Å². The summed E-state index contributed by atoms with van der Waals surface area (Å²) >= 11 is 0. The first-order valence-electron chi connectivity index (χ1n) is 12.8. The zero-order valence-corrected chi connectivity index (χ0v) is 21.2. The van der Waals surface area contributed by atoms with Crippen LogP contribution in [0.1, 0.15) is 23.1 Å². The number of fused-ring (bicyclic) bond motifs is 1. The molecule has 1 unspecified atom stereocenters. The molecule has 3 heterocycles. The summed E-state index contributed by atoms with van der Waals surface area (Å²) in [5.74, 6) is 2.31. The minimum Gasteiger partial charge on any atom is -0.493 e. The smallest absolute Gasteiger partial charge is 0.228 e. The number of nitrogens with zero attached hydrogens (tertiary/aromatic N) is 3. The molecule has 36 heavy (non-hydrogen) atoms. The number of piperazine rings is 1. The highest BCUT2D eigenvalue weighted by Gasteiger charge is 2.37. The molecule has 0 radical (unpaired) electrons. The van der Waals surface area contributed by atoms with Crippen molar-refractivity contribution in [3.63, 3.8) is 0 Å². The molecule has 3 aliphatic heterocycles. The van der Waals surface area contributed by atoms with Gasteiger partial charge in [0.1, 0.15) is 5.75 Å². The molecule has 2 aromatic rings. The Hall–Kier alpha value is -3.26. The van der Waals surface area contributed by atoms with E-state index in [1.54, 1.807) is 14.2 Å². The largest absolute Gasteiger partial charge is 0.493 e. The first-order chi connectivity index (χ1) is 17.5. The van der Waals surface area contributed by atoms with Gasteiger partial charge in [0.15, 0.2) is 11.5 Å². The SMILES string of the molecule is COc1ccc(CCN2CC(C(=O)N3CCN(Cc4ccc5c(c4)CCO5)CC3)CC2=O)cc1OC. The lowest BCUT2D eigenvalue weighted by atomic mass is 10.1. The van der Waals surface area contributed by atoms with Crippen molar-refractivity contribution < 1.29 is 23.8 Å². The number of methoxy groups -OCH3 is 2. The molecule has 2 fully saturated rings. The summed E-state index contributed by atoms with van der Waals surface area (Å²) in [4.78, 5) is 32.0. The van der Waals surface area contributed by atoms with E-state index in [0.717, 1.165) is 44.0 Å². The second-order valence-corrected chi connectivity index (χ2v) is 9.82. The highest BCUT2D eigenvalue weighted by molar-refractivity contribution is 5.89. The molecule has 2 saturated heterocycles. The van der Waals surface area contributed by atoms with Gasteiger partial charge in [0.2, 0.25) is 11.8 Å². The molecule has 0 N–H and O–H groups in total. The molecule has 0 aliphatic carbocycles. The van der Waals surface area contributed by atoms with Crippen LogP contribution in [0, 0.1) is 5.92 Å². The molecule has 0 aromatic heterocycles. The Bertz CT molecular complexity index is 1110. The third kappa shape index (κ3) is 5.28. The predicted octanol–water partition coefficient (Wildman–Crippen LogP) is 2.37. The van der Waals surface area contributed by atoms with Crippen molar-refractivity contribution in [1.82, 2.24) is 14.7 Å². The van der Waals surface area contributed by atoms with Crippen molar-refractivity contribution in [3.8, 4) is 17.2 Å². The normalized spacial score (nSPS) is 19.8. The van der Waals surface area contributed by atoms with Crippen LogP contribution in [-0.4, -0.2) is 86.6 Å². The van der Waals surface area contributed by atoms with Gasteiger partial charge in [-0.2, -0.15) is 0 Å². The number of ether oxygens (including phenoxy) is 3. The number of amides is 2. The number of hydrogen-bond acceptors (Lipinski definition) is 6. The van der Waals surface area contributed by atoms with E-state index in [9.17, 15) is 9.59 Å².